The first kappa shape index (κ1) is 13.8. The summed E-state index contributed by atoms with van der Waals surface area (Å²) in [7, 11) is 0. The van der Waals surface area contributed by atoms with Gasteiger partial charge in [0.15, 0.2) is 0 Å². The molecule has 0 atom stereocenters. The molecule has 1 fully saturated rings. The van der Waals surface area contributed by atoms with Gasteiger partial charge in [-0.25, -0.2) is 0 Å². The van der Waals surface area contributed by atoms with Crippen molar-refractivity contribution in [3.63, 3.8) is 0 Å². The molecule has 1 heterocycles. The molecule has 1 aliphatic carbocycles. The largest absolute Gasteiger partial charge is 0.376 e. The summed E-state index contributed by atoms with van der Waals surface area (Å²) in [4.78, 5) is 12.2. The van der Waals surface area contributed by atoms with E-state index in [4.69, 9.17) is 10.5 Å². The second kappa shape index (κ2) is 6.08. The fraction of sp³-hybridized carbons (Fsp3) is 0.533. The van der Waals surface area contributed by atoms with Gasteiger partial charge in [0.05, 0.1) is 29.3 Å². The molecule has 3 rings (SSSR count). The van der Waals surface area contributed by atoms with Gasteiger partial charge in [-0.1, -0.05) is 23.7 Å². The van der Waals surface area contributed by atoms with E-state index >= 15 is 0 Å². The van der Waals surface area contributed by atoms with Crippen LogP contribution in [-0.4, -0.2) is 22.7 Å². The quantitative estimate of drug-likeness (QED) is 0.941. The molecule has 2 aromatic rings. The number of hydrogen-bond acceptors (Lipinski definition) is 4. The van der Waals surface area contributed by atoms with E-state index < -0.39 is 0 Å². The Morgan fingerprint density at radius 2 is 2.00 bits per heavy atom. The summed E-state index contributed by atoms with van der Waals surface area (Å²) >= 11 is 1.52. The van der Waals surface area contributed by atoms with Crippen molar-refractivity contribution in [2.45, 2.75) is 44.4 Å². The van der Waals surface area contributed by atoms with Crippen LogP contribution in [0.3, 0.4) is 0 Å². The van der Waals surface area contributed by atoms with Gasteiger partial charge >= 0.3 is 0 Å². The van der Waals surface area contributed by atoms with Crippen LogP contribution in [0.5, 0.6) is 0 Å². The van der Waals surface area contributed by atoms with Gasteiger partial charge in [-0.15, -0.1) is 0 Å². The van der Waals surface area contributed by atoms with E-state index in [0.29, 0.717) is 25.3 Å². The molecule has 0 bridgehead atoms. The molecular formula is C15H20N2O2S. The van der Waals surface area contributed by atoms with Gasteiger partial charge < -0.3 is 10.5 Å². The van der Waals surface area contributed by atoms with E-state index in [0.717, 1.165) is 35.8 Å². The molecule has 0 aliphatic heterocycles. The average Bonchev–Trinajstić information content (AvgIpc) is 2.78. The number of fused-ring (bicyclic) bond motifs is 1. The molecular weight excluding hydrogens is 272 g/mol. The first-order chi connectivity index (χ1) is 9.74. The van der Waals surface area contributed by atoms with Crippen molar-refractivity contribution >= 4 is 21.6 Å². The highest BCUT2D eigenvalue weighted by Crippen LogP contribution is 2.20. The number of benzene rings is 1. The lowest BCUT2D eigenvalue weighted by atomic mass is 9.94. The zero-order chi connectivity index (χ0) is 13.9. The van der Waals surface area contributed by atoms with Crippen LogP contribution < -0.4 is 11.3 Å². The van der Waals surface area contributed by atoms with Crippen LogP contribution in [0.4, 0.5) is 0 Å². The van der Waals surface area contributed by atoms with Crippen molar-refractivity contribution in [2.24, 2.45) is 5.73 Å². The Kier molecular flexibility index (Phi) is 4.19. The maximum atomic E-state index is 12.2. The minimum absolute atomic E-state index is 0.0971. The molecule has 0 spiro atoms. The maximum absolute atomic E-state index is 12.2. The third-order valence-electron chi connectivity index (χ3n) is 3.92. The fourth-order valence-corrected chi connectivity index (χ4v) is 3.70. The smallest absolute Gasteiger partial charge is 0.268 e. The molecule has 0 saturated heterocycles. The molecule has 2 N–H and O–H groups in total. The summed E-state index contributed by atoms with van der Waals surface area (Å²) in [6, 6.07) is 8.09. The highest BCUT2D eigenvalue weighted by Gasteiger charge is 2.18. The SMILES string of the molecule is NC1CCC(OCCn2sc3ccccc3c2=O)CC1. The maximum Gasteiger partial charge on any atom is 0.268 e. The molecule has 1 aromatic heterocycles. The molecule has 5 heteroatoms. The zero-order valence-corrected chi connectivity index (χ0v) is 12.3. The Morgan fingerprint density at radius 1 is 1.25 bits per heavy atom. The van der Waals surface area contributed by atoms with Crippen molar-refractivity contribution in [2.75, 3.05) is 6.61 Å². The van der Waals surface area contributed by atoms with Gasteiger partial charge in [0.25, 0.3) is 5.56 Å². The van der Waals surface area contributed by atoms with Crippen LogP contribution in [0.2, 0.25) is 0 Å². The Balaban J connectivity index is 1.57. The van der Waals surface area contributed by atoms with Crippen LogP contribution in [0.15, 0.2) is 29.1 Å². The molecule has 1 aromatic carbocycles. The standard InChI is InChI=1S/C15H20N2O2S/c16-11-5-7-12(8-6-11)19-10-9-17-15(18)13-3-1-2-4-14(13)20-17/h1-4,11-12H,5-10,16H2. The van der Waals surface area contributed by atoms with E-state index in [-0.39, 0.29) is 5.56 Å². The third kappa shape index (κ3) is 2.95. The Morgan fingerprint density at radius 3 is 2.75 bits per heavy atom. The predicted molar refractivity (Wildman–Crippen MR) is 82.3 cm³/mol. The average molecular weight is 292 g/mol. The molecule has 0 radical (unpaired) electrons. The van der Waals surface area contributed by atoms with Gasteiger partial charge in [-0.05, 0) is 37.8 Å². The first-order valence-corrected chi connectivity index (χ1v) is 7.97. The lowest BCUT2D eigenvalue weighted by molar-refractivity contribution is 0.0217. The molecule has 1 saturated carbocycles. The van der Waals surface area contributed by atoms with Crippen molar-refractivity contribution < 1.29 is 4.74 Å². The van der Waals surface area contributed by atoms with E-state index in [9.17, 15) is 4.79 Å². The van der Waals surface area contributed by atoms with Gasteiger partial charge in [-0.3, -0.25) is 8.75 Å². The summed E-state index contributed by atoms with van der Waals surface area (Å²) in [6.45, 7) is 1.24. The lowest BCUT2D eigenvalue weighted by Crippen LogP contribution is -2.31. The van der Waals surface area contributed by atoms with E-state index in [1.165, 1.54) is 11.5 Å². The summed E-state index contributed by atoms with van der Waals surface area (Å²) < 4.78 is 8.71. The highest BCUT2D eigenvalue weighted by molar-refractivity contribution is 7.13. The predicted octanol–water partition coefficient (Wildman–Crippen LogP) is 2.35. The van der Waals surface area contributed by atoms with Crippen LogP contribution in [-0.2, 0) is 11.3 Å². The van der Waals surface area contributed by atoms with Gasteiger partial charge in [0.2, 0.25) is 0 Å². The summed E-state index contributed by atoms with van der Waals surface area (Å²) in [6.07, 6.45) is 4.51. The molecule has 20 heavy (non-hydrogen) atoms. The van der Waals surface area contributed by atoms with Crippen molar-refractivity contribution in [3.8, 4) is 0 Å². The van der Waals surface area contributed by atoms with Crippen LogP contribution >= 0.6 is 11.5 Å². The van der Waals surface area contributed by atoms with Crippen molar-refractivity contribution in [3.05, 3.63) is 34.6 Å². The summed E-state index contributed by atoms with van der Waals surface area (Å²) in [5.41, 5.74) is 5.98. The first-order valence-electron chi connectivity index (χ1n) is 7.20. The Hall–Kier alpha value is -1.17. The third-order valence-corrected chi connectivity index (χ3v) is 5.04. The number of hydrogen-bond donors (Lipinski definition) is 1. The van der Waals surface area contributed by atoms with Crippen LogP contribution in [0.25, 0.3) is 10.1 Å². The lowest BCUT2D eigenvalue weighted by Gasteiger charge is -2.26. The topological polar surface area (TPSA) is 57.2 Å². The van der Waals surface area contributed by atoms with Crippen LogP contribution in [0.1, 0.15) is 25.7 Å². The molecule has 4 nitrogen and oxygen atoms in total. The fourth-order valence-electron chi connectivity index (χ4n) is 2.72. The zero-order valence-electron chi connectivity index (χ0n) is 11.5. The molecule has 108 valence electrons. The Bertz CT molecular complexity index is 626. The Labute approximate surface area is 122 Å². The minimum atomic E-state index is 0.0971. The number of rotatable bonds is 4. The van der Waals surface area contributed by atoms with Gasteiger partial charge in [0.1, 0.15) is 0 Å². The van der Waals surface area contributed by atoms with Crippen molar-refractivity contribution in [1.29, 1.82) is 0 Å². The second-order valence-corrected chi connectivity index (χ2v) is 6.47. The van der Waals surface area contributed by atoms with Gasteiger partial charge in [-0.2, -0.15) is 0 Å². The molecule has 1 aliphatic rings. The van der Waals surface area contributed by atoms with Crippen molar-refractivity contribution in [1.82, 2.24) is 3.96 Å². The molecule has 0 amide bonds. The summed E-state index contributed by atoms with van der Waals surface area (Å²) in [5.74, 6) is 0. The number of aromatic nitrogens is 1. The number of nitrogens with zero attached hydrogens (tertiary/aromatic N) is 1. The monoisotopic (exact) mass is 292 g/mol. The minimum Gasteiger partial charge on any atom is -0.376 e. The number of nitrogens with two attached hydrogens (primary N) is 1. The highest BCUT2D eigenvalue weighted by atomic mass is 32.1. The second-order valence-electron chi connectivity index (χ2n) is 5.40. The van der Waals surface area contributed by atoms with E-state index in [1.807, 2.05) is 24.3 Å². The normalized spacial score (nSPS) is 23.2. The summed E-state index contributed by atoms with van der Waals surface area (Å²) in [5, 5.41) is 0.807. The van der Waals surface area contributed by atoms with E-state index in [1.54, 1.807) is 3.96 Å². The number of ether oxygens (including phenoxy) is 1. The van der Waals surface area contributed by atoms with E-state index in [2.05, 4.69) is 0 Å². The molecule has 0 unspecified atom stereocenters. The van der Waals surface area contributed by atoms with Gasteiger partial charge in [0, 0.05) is 6.04 Å². The van der Waals surface area contributed by atoms with Crippen LogP contribution in [0, 0.1) is 0 Å².